The molecule has 1 atom stereocenters. The molecule has 0 radical (unpaired) electrons. The first-order valence-corrected chi connectivity index (χ1v) is 6.39. The van der Waals surface area contributed by atoms with Gasteiger partial charge in [-0.05, 0) is 35.9 Å². The van der Waals surface area contributed by atoms with E-state index in [0.29, 0.717) is 18.0 Å². The summed E-state index contributed by atoms with van der Waals surface area (Å²) < 4.78 is 0. The third-order valence-electron chi connectivity index (χ3n) is 2.25. The molecule has 0 fully saturated rings. The molecule has 0 bridgehead atoms. The summed E-state index contributed by atoms with van der Waals surface area (Å²) >= 11 is 1.79. The van der Waals surface area contributed by atoms with Crippen molar-refractivity contribution in [2.75, 3.05) is 12.3 Å². The molecule has 1 unspecified atom stereocenters. The van der Waals surface area contributed by atoms with Crippen molar-refractivity contribution in [3.05, 3.63) is 35.4 Å². The molecule has 3 nitrogen and oxygen atoms in total. The van der Waals surface area contributed by atoms with Crippen LogP contribution in [0.25, 0.3) is 0 Å². The van der Waals surface area contributed by atoms with Gasteiger partial charge in [-0.15, -0.1) is 0 Å². The first-order valence-electron chi connectivity index (χ1n) is 5.23. The average Bonchev–Trinajstić information content (AvgIpc) is 2.29. The number of benzene rings is 1. The van der Waals surface area contributed by atoms with Gasteiger partial charge in [-0.3, -0.25) is 0 Å². The van der Waals surface area contributed by atoms with Crippen LogP contribution in [0.1, 0.15) is 22.8 Å². The second kappa shape index (κ2) is 6.55. The van der Waals surface area contributed by atoms with E-state index in [1.807, 2.05) is 6.07 Å². The van der Waals surface area contributed by atoms with Gasteiger partial charge in [-0.25, -0.2) is 4.79 Å². The van der Waals surface area contributed by atoms with Crippen LogP contribution in [0, 0.1) is 5.92 Å². The normalized spacial score (nSPS) is 12.4. The maximum absolute atomic E-state index is 10.8. The van der Waals surface area contributed by atoms with Crippen molar-refractivity contribution in [3.8, 4) is 0 Å². The number of carbonyl (C=O) groups is 1. The Balaban J connectivity index is 2.48. The fourth-order valence-electron chi connectivity index (χ4n) is 1.24. The number of thioether (sulfide) groups is 1. The Morgan fingerprint density at radius 3 is 2.94 bits per heavy atom. The molecule has 4 heteroatoms. The zero-order valence-electron chi connectivity index (χ0n) is 9.35. The van der Waals surface area contributed by atoms with Crippen LogP contribution in [-0.2, 0) is 5.75 Å². The van der Waals surface area contributed by atoms with E-state index in [9.17, 15) is 4.79 Å². The van der Waals surface area contributed by atoms with Gasteiger partial charge in [0, 0.05) is 5.75 Å². The van der Waals surface area contributed by atoms with E-state index in [-0.39, 0.29) is 0 Å². The van der Waals surface area contributed by atoms with Crippen molar-refractivity contribution >= 4 is 17.7 Å². The number of carboxylic acid groups (broad SMARTS) is 1. The lowest BCUT2D eigenvalue weighted by atomic mass is 10.1. The van der Waals surface area contributed by atoms with E-state index >= 15 is 0 Å². The molecule has 0 saturated carbocycles. The topological polar surface area (TPSA) is 63.3 Å². The van der Waals surface area contributed by atoms with Gasteiger partial charge in [0.05, 0.1) is 5.56 Å². The number of hydrogen-bond donors (Lipinski definition) is 2. The van der Waals surface area contributed by atoms with Gasteiger partial charge < -0.3 is 10.8 Å². The van der Waals surface area contributed by atoms with Gasteiger partial charge >= 0.3 is 5.97 Å². The van der Waals surface area contributed by atoms with E-state index in [1.54, 1.807) is 30.0 Å². The molecule has 1 aromatic carbocycles. The summed E-state index contributed by atoms with van der Waals surface area (Å²) in [6, 6.07) is 7.07. The lowest BCUT2D eigenvalue weighted by Gasteiger charge is -2.07. The molecule has 88 valence electrons. The van der Waals surface area contributed by atoms with Crippen molar-refractivity contribution in [1.82, 2.24) is 0 Å². The molecule has 0 spiro atoms. The second-order valence-electron chi connectivity index (χ2n) is 3.86. The predicted octanol–water partition coefficient (Wildman–Crippen LogP) is 2.21. The largest absolute Gasteiger partial charge is 0.478 e. The molecule has 1 aromatic rings. The molecule has 0 aliphatic heterocycles. The van der Waals surface area contributed by atoms with E-state index in [0.717, 1.165) is 17.1 Å². The average molecular weight is 239 g/mol. The van der Waals surface area contributed by atoms with E-state index in [1.165, 1.54) is 0 Å². The summed E-state index contributed by atoms with van der Waals surface area (Å²) in [5.74, 6) is 1.48. The smallest absolute Gasteiger partial charge is 0.335 e. The highest BCUT2D eigenvalue weighted by atomic mass is 32.2. The number of carboxylic acids is 1. The van der Waals surface area contributed by atoms with E-state index in [2.05, 4.69) is 6.92 Å². The summed E-state index contributed by atoms with van der Waals surface area (Å²) in [5, 5.41) is 8.84. The van der Waals surface area contributed by atoms with Gasteiger partial charge in [0.2, 0.25) is 0 Å². The molecule has 0 heterocycles. The summed E-state index contributed by atoms with van der Waals surface area (Å²) in [7, 11) is 0. The van der Waals surface area contributed by atoms with Crippen molar-refractivity contribution in [2.45, 2.75) is 12.7 Å². The molecule has 0 aliphatic carbocycles. The molecule has 0 saturated heterocycles. The molecule has 0 amide bonds. The first kappa shape index (κ1) is 13.1. The number of hydrogen-bond acceptors (Lipinski definition) is 3. The van der Waals surface area contributed by atoms with Crippen LogP contribution in [0.4, 0.5) is 0 Å². The Morgan fingerprint density at radius 1 is 1.56 bits per heavy atom. The highest BCUT2D eigenvalue weighted by Gasteiger charge is 2.04. The van der Waals surface area contributed by atoms with Crippen molar-refractivity contribution in [3.63, 3.8) is 0 Å². The molecular weight excluding hydrogens is 222 g/mol. The molecule has 1 rings (SSSR count). The van der Waals surface area contributed by atoms with Crippen LogP contribution < -0.4 is 5.73 Å². The standard InChI is InChI=1S/C12H17NO2S/c1-9(6-13)7-16-8-10-3-2-4-11(5-10)12(14)15/h2-5,9H,6-8,13H2,1H3,(H,14,15). The Morgan fingerprint density at radius 2 is 2.31 bits per heavy atom. The SMILES string of the molecule is CC(CN)CSCc1cccc(C(=O)O)c1. The van der Waals surface area contributed by atoms with Crippen molar-refractivity contribution in [2.24, 2.45) is 11.7 Å². The van der Waals surface area contributed by atoms with Crippen molar-refractivity contribution < 1.29 is 9.90 Å². The van der Waals surface area contributed by atoms with Gasteiger partial charge in [-0.2, -0.15) is 11.8 Å². The summed E-state index contributed by atoms with van der Waals surface area (Å²) in [6.07, 6.45) is 0. The molecule has 16 heavy (non-hydrogen) atoms. The molecular formula is C12H17NO2S. The Labute approximate surface area is 100 Å². The fraction of sp³-hybridized carbons (Fsp3) is 0.417. The summed E-state index contributed by atoms with van der Waals surface area (Å²) in [6.45, 7) is 2.81. The highest BCUT2D eigenvalue weighted by molar-refractivity contribution is 7.98. The lowest BCUT2D eigenvalue weighted by molar-refractivity contribution is 0.0697. The van der Waals surface area contributed by atoms with Crippen LogP contribution in [0.15, 0.2) is 24.3 Å². The third-order valence-corrected chi connectivity index (χ3v) is 3.59. The number of aromatic carboxylic acids is 1. The van der Waals surface area contributed by atoms with Crippen LogP contribution >= 0.6 is 11.8 Å². The van der Waals surface area contributed by atoms with Gasteiger partial charge in [-0.1, -0.05) is 19.1 Å². The third kappa shape index (κ3) is 4.24. The summed E-state index contributed by atoms with van der Waals surface area (Å²) in [4.78, 5) is 10.8. The Bertz CT molecular complexity index is 355. The van der Waals surface area contributed by atoms with Crippen LogP contribution in [0.5, 0.6) is 0 Å². The Kier molecular flexibility index (Phi) is 5.35. The predicted molar refractivity (Wildman–Crippen MR) is 67.8 cm³/mol. The van der Waals surface area contributed by atoms with Gasteiger partial charge in [0.25, 0.3) is 0 Å². The maximum Gasteiger partial charge on any atom is 0.335 e. The van der Waals surface area contributed by atoms with Crippen LogP contribution in [-0.4, -0.2) is 23.4 Å². The quantitative estimate of drug-likeness (QED) is 0.799. The molecule has 0 aliphatic rings. The minimum atomic E-state index is -0.873. The minimum Gasteiger partial charge on any atom is -0.478 e. The highest BCUT2D eigenvalue weighted by Crippen LogP contribution is 2.16. The number of nitrogens with two attached hydrogens (primary N) is 1. The molecule has 3 N–H and O–H groups in total. The van der Waals surface area contributed by atoms with E-state index in [4.69, 9.17) is 10.8 Å². The minimum absolute atomic E-state index is 0.352. The summed E-state index contributed by atoms with van der Waals surface area (Å²) in [5.41, 5.74) is 6.93. The lowest BCUT2D eigenvalue weighted by Crippen LogP contribution is -2.12. The van der Waals surface area contributed by atoms with Gasteiger partial charge in [0.1, 0.15) is 0 Å². The number of rotatable bonds is 6. The fourth-order valence-corrected chi connectivity index (χ4v) is 2.31. The second-order valence-corrected chi connectivity index (χ2v) is 4.89. The monoisotopic (exact) mass is 239 g/mol. The first-order chi connectivity index (χ1) is 7.63. The van der Waals surface area contributed by atoms with Gasteiger partial charge in [0.15, 0.2) is 0 Å². The zero-order valence-corrected chi connectivity index (χ0v) is 10.2. The van der Waals surface area contributed by atoms with Crippen LogP contribution in [0.3, 0.4) is 0 Å². The molecule has 0 aromatic heterocycles. The van der Waals surface area contributed by atoms with E-state index < -0.39 is 5.97 Å². The van der Waals surface area contributed by atoms with Crippen molar-refractivity contribution in [1.29, 1.82) is 0 Å². The Hall–Kier alpha value is -1.00. The zero-order chi connectivity index (χ0) is 12.0. The van der Waals surface area contributed by atoms with Crippen LogP contribution in [0.2, 0.25) is 0 Å². The maximum atomic E-state index is 10.8.